The zero-order valence-corrected chi connectivity index (χ0v) is 9.22. The molecule has 2 atom stereocenters. The van der Waals surface area contributed by atoms with E-state index in [2.05, 4.69) is 14.7 Å². The maximum absolute atomic E-state index is 13.4. The third kappa shape index (κ3) is 2.04. The third-order valence-electron chi connectivity index (χ3n) is 2.66. The van der Waals surface area contributed by atoms with Crippen LogP contribution in [0.25, 0.3) is 0 Å². The SMILES string of the molecule is FC1=C(F)C(F)NC2=C1CCN(P)CC2. The number of rotatable bonds is 0. The Hall–Kier alpha value is -0.540. The molecular formula is C9H12F3N2P. The Bertz CT molecular complexity index is 340. The molecule has 0 bridgehead atoms. The van der Waals surface area contributed by atoms with E-state index in [1.165, 1.54) is 0 Å². The molecule has 2 rings (SSSR count). The highest BCUT2D eigenvalue weighted by molar-refractivity contribution is 7.13. The molecule has 2 aliphatic rings. The van der Waals surface area contributed by atoms with Crippen molar-refractivity contribution in [1.29, 1.82) is 0 Å². The number of halogens is 3. The molecule has 0 aromatic rings. The van der Waals surface area contributed by atoms with Crippen LogP contribution in [-0.2, 0) is 0 Å². The summed E-state index contributed by atoms with van der Waals surface area (Å²) in [4.78, 5) is 0. The molecule has 0 spiro atoms. The number of nitrogens with one attached hydrogen (secondary N) is 1. The zero-order valence-electron chi connectivity index (χ0n) is 8.06. The number of dihydropyridines is 1. The molecule has 0 aromatic carbocycles. The third-order valence-corrected chi connectivity index (χ3v) is 3.18. The maximum atomic E-state index is 13.4. The van der Waals surface area contributed by atoms with E-state index in [-0.39, 0.29) is 5.57 Å². The summed E-state index contributed by atoms with van der Waals surface area (Å²) >= 11 is 0. The maximum Gasteiger partial charge on any atom is 0.225 e. The van der Waals surface area contributed by atoms with Crippen LogP contribution >= 0.6 is 9.39 Å². The van der Waals surface area contributed by atoms with E-state index in [4.69, 9.17) is 0 Å². The van der Waals surface area contributed by atoms with Gasteiger partial charge in [-0.25, -0.2) is 13.2 Å². The standard InChI is InChI=1S/C9H12F3N2P/c10-7-5-1-3-14(15)4-2-6(5)13-9(12)8(7)11/h9,13H,1-4,15H2. The van der Waals surface area contributed by atoms with Gasteiger partial charge in [-0.05, 0) is 6.42 Å². The summed E-state index contributed by atoms with van der Waals surface area (Å²) in [5.74, 6) is -2.34. The Balaban J connectivity index is 2.30. The van der Waals surface area contributed by atoms with Gasteiger partial charge in [0.2, 0.25) is 6.30 Å². The lowest BCUT2D eigenvalue weighted by atomic mass is 10.0. The van der Waals surface area contributed by atoms with Crippen LogP contribution in [0, 0.1) is 0 Å². The second-order valence-corrected chi connectivity index (χ2v) is 4.39. The van der Waals surface area contributed by atoms with Crippen LogP contribution < -0.4 is 5.32 Å². The van der Waals surface area contributed by atoms with Gasteiger partial charge in [-0.1, -0.05) is 9.39 Å². The van der Waals surface area contributed by atoms with Gasteiger partial charge in [0.1, 0.15) is 0 Å². The predicted octanol–water partition coefficient (Wildman–Crippen LogP) is 2.18. The first-order valence-electron chi connectivity index (χ1n) is 4.77. The fraction of sp³-hybridized carbons (Fsp3) is 0.556. The van der Waals surface area contributed by atoms with Crippen LogP contribution in [0.15, 0.2) is 22.9 Å². The Morgan fingerprint density at radius 3 is 2.67 bits per heavy atom. The average Bonchev–Trinajstić information content (AvgIpc) is 2.38. The van der Waals surface area contributed by atoms with Crippen molar-refractivity contribution in [3.05, 3.63) is 22.9 Å². The van der Waals surface area contributed by atoms with Crippen LogP contribution in [-0.4, -0.2) is 24.1 Å². The topological polar surface area (TPSA) is 15.3 Å². The second kappa shape index (κ2) is 4.14. The van der Waals surface area contributed by atoms with E-state index in [9.17, 15) is 13.2 Å². The van der Waals surface area contributed by atoms with Gasteiger partial charge < -0.3 is 5.32 Å². The first-order chi connectivity index (χ1) is 7.09. The lowest BCUT2D eigenvalue weighted by Crippen LogP contribution is -2.30. The minimum absolute atomic E-state index is 0.284. The molecule has 84 valence electrons. The summed E-state index contributed by atoms with van der Waals surface area (Å²) in [6.07, 6.45) is -1.11. The summed E-state index contributed by atoms with van der Waals surface area (Å²) in [6.45, 7) is 1.32. The van der Waals surface area contributed by atoms with Crippen LogP contribution in [0.4, 0.5) is 13.2 Å². The molecule has 0 aliphatic carbocycles. The number of alkyl halides is 1. The molecule has 15 heavy (non-hydrogen) atoms. The minimum atomic E-state index is -2.03. The van der Waals surface area contributed by atoms with Gasteiger partial charge in [-0.2, -0.15) is 0 Å². The van der Waals surface area contributed by atoms with E-state index in [0.29, 0.717) is 31.6 Å². The molecule has 2 aliphatic heterocycles. The summed E-state index contributed by atoms with van der Waals surface area (Å²) < 4.78 is 41.3. The number of hydrogen-bond donors (Lipinski definition) is 1. The van der Waals surface area contributed by atoms with Gasteiger partial charge in [0.05, 0.1) is 0 Å². The van der Waals surface area contributed by atoms with Crippen molar-refractivity contribution in [1.82, 2.24) is 9.99 Å². The largest absolute Gasteiger partial charge is 0.353 e. The zero-order chi connectivity index (χ0) is 11.0. The van der Waals surface area contributed by atoms with E-state index >= 15 is 0 Å². The van der Waals surface area contributed by atoms with Crippen molar-refractivity contribution in [2.45, 2.75) is 19.1 Å². The molecule has 0 aromatic heterocycles. The van der Waals surface area contributed by atoms with Crippen LogP contribution in [0.3, 0.4) is 0 Å². The van der Waals surface area contributed by atoms with Crippen LogP contribution in [0.5, 0.6) is 0 Å². The van der Waals surface area contributed by atoms with Gasteiger partial charge in [0, 0.05) is 30.8 Å². The fourth-order valence-electron chi connectivity index (χ4n) is 1.80. The monoisotopic (exact) mass is 236 g/mol. The summed E-state index contributed by atoms with van der Waals surface area (Å²) in [7, 11) is 2.51. The van der Waals surface area contributed by atoms with E-state index in [0.717, 1.165) is 0 Å². The molecule has 2 heterocycles. The first-order valence-corrected chi connectivity index (χ1v) is 5.29. The first kappa shape index (κ1) is 11.0. The van der Waals surface area contributed by atoms with Crippen LogP contribution in [0.2, 0.25) is 0 Å². The Morgan fingerprint density at radius 2 is 1.93 bits per heavy atom. The quantitative estimate of drug-likeness (QED) is 0.512. The summed E-state index contributed by atoms with van der Waals surface area (Å²) in [5.41, 5.74) is 0.776. The predicted molar refractivity (Wildman–Crippen MR) is 54.8 cm³/mol. The normalized spacial score (nSPS) is 28.7. The molecular weight excluding hydrogens is 224 g/mol. The minimum Gasteiger partial charge on any atom is -0.353 e. The second-order valence-electron chi connectivity index (χ2n) is 3.66. The molecule has 6 heteroatoms. The van der Waals surface area contributed by atoms with Crippen molar-refractivity contribution in [3.63, 3.8) is 0 Å². The van der Waals surface area contributed by atoms with E-state index in [1.54, 1.807) is 0 Å². The van der Waals surface area contributed by atoms with Crippen molar-refractivity contribution in [2.24, 2.45) is 0 Å². The number of hydrogen-bond acceptors (Lipinski definition) is 2. The van der Waals surface area contributed by atoms with Crippen molar-refractivity contribution >= 4 is 9.39 Å². The van der Waals surface area contributed by atoms with Gasteiger partial charge in [0.25, 0.3) is 0 Å². The molecule has 0 fully saturated rings. The summed E-state index contributed by atoms with van der Waals surface area (Å²) in [5, 5.41) is 2.36. The summed E-state index contributed by atoms with van der Waals surface area (Å²) in [6, 6.07) is 0. The molecule has 0 amide bonds. The molecule has 0 radical (unpaired) electrons. The van der Waals surface area contributed by atoms with Gasteiger partial charge >= 0.3 is 0 Å². The lowest BCUT2D eigenvalue weighted by molar-refractivity contribution is 0.269. The van der Waals surface area contributed by atoms with Gasteiger partial charge in [-0.15, -0.1) is 0 Å². The Labute approximate surface area is 88.5 Å². The molecule has 2 nitrogen and oxygen atoms in total. The van der Waals surface area contributed by atoms with E-state index < -0.39 is 17.9 Å². The van der Waals surface area contributed by atoms with Crippen molar-refractivity contribution < 1.29 is 13.2 Å². The molecule has 0 saturated heterocycles. The van der Waals surface area contributed by atoms with Gasteiger partial charge in [0.15, 0.2) is 11.7 Å². The molecule has 1 N–H and O–H groups in total. The Morgan fingerprint density at radius 1 is 1.27 bits per heavy atom. The Kier molecular flexibility index (Phi) is 3.03. The lowest BCUT2D eigenvalue weighted by Gasteiger charge is -2.21. The molecule has 0 saturated carbocycles. The van der Waals surface area contributed by atoms with Gasteiger partial charge in [-0.3, -0.25) is 4.67 Å². The fourth-order valence-corrected chi connectivity index (χ4v) is 2.06. The average molecular weight is 236 g/mol. The number of allylic oxidation sites excluding steroid dienone is 1. The van der Waals surface area contributed by atoms with Crippen molar-refractivity contribution in [3.8, 4) is 0 Å². The highest BCUT2D eigenvalue weighted by Crippen LogP contribution is 2.33. The number of nitrogens with zero attached hydrogens (tertiary/aromatic N) is 1. The highest BCUT2D eigenvalue weighted by Gasteiger charge is 2.30. The highest BCUT2D eigenvalue weighted by atomic mass is 31.0. The van der Waals surface area contributed by atoms with E-state index in [1.807, 2.05) is 4.67 Å². The molecule has 2 unspecified atom stereocenters. The smallest absolute Gasteiger partial charge is 0.225 e. The van der Waals surface area contributed by atoms with Crippen LogP contribution in [0.1, 0.15) is 12.8 Å². The van der Waals surface area contributed by atoms with Crippen molar-refractivity contribution in [2.75, 3.05) is 13.1 Å².